The first-order valence-corrected chi connectivity index (χ1v) is 5.67. The van der Waals surface area contributed by atoms with Gasteiger partial charge in [0.2, 0.25) is 0 Å². The van der Waals surface area contributed by atoms with E-state index in [1.165, 1.54) is 5.56 Å². The standard InChI is InChI=1S/C14H16N2O/c1-11(13-3-2-8-15-10-13)16-9-12-4-6-14(17)7-5-12/h2-8,10-11,16-17H,9H2,1H3/t11-/m0/s1. The van der Waals surface area contributed by atoms with Crippen LogP contribution in [0.4, 0.5) is 0 Å². The molecule has 1 aromatic carbocycles. The normalized spacial score (nSPS) is 12.3. The lowest BCUT2D eigenvalue weighted by Crippen LogP contribution is -2.18. The Kier molecular flexibility index (Phi) is 3.73. The van der Waals surface area contributed by atoms with E-state index < -0.39 is 0 Å². The molecule has 0 bridgehead atoms. The molecule has 0 amide bonds. The van der Waals surface area contributed by atoms with E-state index >= 15 is 0 Å². The van der Waals surface area contributed by atoms with Gasteiger partial charge in [-0.15, -0.1) is 0 Å². The van der Waals surface area contributed by atoms with Gasteiger partial charge < -0.3 is 10.4 Å². The van der Waals surface area contributed by atoms with Crippen molar-refractivity contribution in [3.8, 4) is 5.75 Å². The average molecular weight is 228 g/mol. The molecule has 88 valence electrons. The van der Waals surface area contributed by atoms with E-state index in [0.717, 1.165) is 12.1 Å². The fourth-order valence-electron chi connectivity index (χ4n) is 1.63. The molecule has 3 nitrogen and oxygen atoms in total. The molecule has 0 saturated carbocycles. The molecular weight excluding hydrogens is 212 g/mol. The van der Waals surface area contributed by atoms with Gasteiger partial charge >= 0.3 is 0 Å². The zero-order chi connectivity index (χ0) is 12.1. The van der Waals surface area contributed by atoms with E-state index in [1.54, 1.807) is 18.3 Å². The fourth-order valence-corrected chi connectivity index (χ4v) is 1.63. The first-order chi connectivity index (χ1) is 8.25. The zero-order valence-corrected chi connectivity index (χ0v) is 9.80. The van der Waals surface area contributed by atoms with E-state index in [-0.39, 0.29) is 6.04 Å². The third kappa shape index (κ3) is 3.29. The number of hydrogen-bond acceptors (Lipinski definition) is 3. The van der Waals surface area contributed by atoms with Gasteiger partial charge in [0.15, 0.2) is 0 Å². The third-order valence-corrected chi connectivity index (χ3v) is 2.73. The summed E-state index contributed by atoms with van der Waals surface area (Å²) in [7, 11) is 0. The van der Waals surface area contributed by atoms with Crippen LogP contribution in [0, 0.1) is 0 Å². The van der Waals surface area contributed by atoms with E-state index in [4.69, 9.17) is 0 Å². The second kappa shape index (κ2) is 5.46. The maximum atomic E-state index is 9.18. The second-order valence-corrected chi connectivity index (χ2v) is 4.06. The summed E-state index contributed by atoms with van der Waals surface area (Å²) in [6.45, 7) is 2.88. The minimum absolute atomic E-state index is 0.262. The van der Waals surface area contributed by atoms with E-state index in [1.807, 2.05) is 24.4 Å². The van der Waals surface area contributed by atoms with Crippen LogP contribution >= 0.6 is 0 Å². The predicted octanol–water partition coefficient (Wildman–Crippen LogP) is 2.64. The lowest BCUT2D eigenvalue weighted by Gasteiger charge is -2.13. The maximum Gasteiger partial charge on any atom is 0.115 e. The summed E-state index contributed by atoms with van der Waals surface area (Å²) in [6, 6.07) is 11.5. The van der Waals surface area contributed by atoms with E-state index in [2.05, 4.69) is 23.3 Å². The topological polar surface area (TPSA) is 45.1 Å². The van der Waals surface area contributed by atoms with Crippen LogP contribution in [0.5, 0.6) is 5.75 Å². The minimum atomic E-state index is 0.262. The van der Waals surface area contributed by atoms with E-state index in [0.29, 0.717) is 5.75 Å². The summed E-state index contributed by atoms with van der Waals surface area (Å²) < 4.78 is 0. The van der Waals surface area contributed by atoms with Crippen LogP contribution in [0.3, 0.4) is 0 Å². The Morgan fingerprint density at radius 2 is 2.00 bits per heavy atom. The van der Waals surface area contributed by atoms with Gasteiger partial charge in [-0.2, -0.15) is 0 Å². The smallest absolute Gasteiger partial charge is 0.115 e. The number of rotatable bonds is 4. The number of aromatic nitrogens is 1. The molecule has 1 heterocycles. The summed E-state index contributed by atoms with van der Waals surface area (Å²) >= 11 is 0. The Hall–Kier alpha value is -1.87. The fraction of sp³-hybridized carbons (Fsp3) is 0.214. The second-order valence-electron chi connectivity index (χ2n) is 4.06. The van der Waals surface area contributed by atoms with Crippen molar-refractivity contribution < 1.29 is 5.11 Å². The molecule has 17 heavy (non-hydrogen) atoms. The van der Waals surface area contributed by atoms with Gasteiger partial charge in [-0.25, -0.2) is 0 Å². The van der Waals surface area contributed by atoms with Crippen LogP contribution in [-0.2, 0) is 6.54 Å². The summed E-state index contributed by atoms with van der Waals surface area (Å²) in [5.74, 6) is 0.300. The first kappa shape index (κ1) is 11.6. The monoisotopic (exact) mass is 228 g/mol. The van der Waals surface area contributed by atoms with Crippen LogP contribution in [0.2, 0.25) is 0 Å². The minimum Gasteiger partial charge on any atom is -0.508 e. The highest BCUT2D eigenvalue weighted by Crippen LogP contribution is 2.13. The van der Waals surface area contributed by atoms with Crippen LogP contribution in [0.1, 0.15) is 24.1 Å². The highest BCUT2D eigenvalue weighted by Gasteiger charge is 2.04. The number of nitrogens with zero attached hydrogens (tertiary/aromatic N) is 1. The maximum absolute atomic E-state index is 9.18. The molecule has 1 aromatic heterocycles. The first-order valence-electron chi connectivity index (χ1n) is 5.67. The number of nitrogens with one attached hydrogen (secondary N) is 1. The molecule has 0 aliphatic carbocycles. The molecule has 0 aliphatic heterocycles. The van der Waals surface area contributed by atoms with Gasteiger partial charge in [-0.3, -0.25) is 4.98 Å². The summed E-state index contributed by atoms with van der Waals surface area (Å²) in [4.78, 5) is 4.10. The number of pyridine rings is 1. The van der Waals surface area contributed by atoms with E-state index in [9.17, 15) is 5.11 Å². The SMILES string of the molecule is C[C@H](NCc1ccc(O)cc1)c1cccnc1. The van der Waals surface area contributed by atoms with Crippen molar-refractivity contribution in [3.63, 3.8) is 0 Å². The zero-order valence-electron chi connectivity index (χ0n) is 9.80. The van der Waals surface area contributed by atoms with Gasteiger partial charge in [0.25, 0.3) is 0 Å². The largest absolute Gasteiger partial charge is 0.508 e. The Balaban J connectivity index is 1.92. The summed E-state index contributed by atoms with van der Waals surface area (Å²) in [5, 5.41) is 12.6. The number of hydrogen-bond donors (Lipinski definition) is 2. The Labute approximate surface area is 101 Å². The summed E-state index contributed by atoms with van der Waals surface area (Å²) in [5.41, 5.74) is 2.32. The van der Waals surface area contributed by atoms with Gasteiger partial charge in [0.1, 0.15) is 5.75 Å². The van der Waals surface area contributed by atoms with Crippen LogP contribution in [0.15, 0.2) is 48.8 Å². The highest BCUT2D eigenvalue weighted by atomic mass is 16.3. The van der Waals surface area contributed by atoms with Gasteiger partial charge in [0.05, 0.1) is 0 Å². The number of phenols is 1. The molecular formula is C14H16N2O. The quantitative estimate of drug-likeness (QED) is 0.845. The molecule has 0 radical (unpaired) electrons. The van der Waals surface area contributed by atoms with Crippen LogP contribution in [0.25, 0.3) is 0 Å². The molecule has 2 aromatic rings. The molecule has 0 fully saturated rings. The molecule has 0 spiro atoms. The Morgan fingerprint density at radius 3 is 2.65 bits per heavy atom. The third-order valence-electron chi connectivity index (χ3n) is 2.73. The number of aromatic hydroxyl groups is 1. The molecule has 0 saturated heterocycles. The molecule has 0 unspecified atom stereocenters. The Morgan fingerprint density at radius 1 is 1.24 bits per heavy atom. The predicted molar refractivity (Wildman–Crippen MR) is 67.6 cm³/mol. The highest BCUT2D eigenvalue weighted by molar-refractivity contribution is 5.26. The van der Waals surface area contributed by atoms with Crippen molar-refractivity contribution in [3.05, 3.63) is 59.9 Å². The van der Waals surface area contributed by atoms with Crippen molar-refractivity contribution in [1.82, 2.24) is 10.3 Å². The molecule has 2 N–H and O–H groups in total. The van der Waals surface area contributed by atoms with Crippen molar-refractivity contribution >= 4 is 0 Å². The molecule has 3 heteroatoms. The van der Waals surface area contributed by atoms with Gasteiger partial charge in [0, 0.05) is 25.0 Å². The number of benzene rings is 1. The molecule has 2 rings (SSSR count). The van der Waals surface area contributed by atoms with Crippen molar-refractivity contribution in [2.45, 2.75) is 19.5 Å². The lowest BCUT2D eigenvalue weighted by atomic mass is 10.1. The molecule has 1 atom stereocenters. The van der Waals surface area contributed by atoms with Gasteiger partial charge in [-0.05, 0) is 36.2 Å². The van der Waals surface area contributed by atoms with Crippen LogP contribution in [-0.4, -0.2) is 10.1 Å². The average Bonchev–Trinajstić information content (AvgIpc) is 2.39. The van der Waals surface area contributed by atoms with Crippen molar-refractivity contribution in [1.29, 1.82) is 0 Å². The van der Waals surface area contributed by atoms with Crippen molar-refractivity contribution in [2.24, 2.45) is 0 Å². The Bertz CT molecular complexity index is 453. The van der Waals surface area contributed by atoms with Crippen LogP contribution < -0.4 is 5.32 Å². The van der Waals surface area contributed by atoms with Crippen molar-refractivity contribution in [2.75, 3.05) is 0 Å². The lowest BCUT2D eigenvalue weighted by molar-refractivity contribution is 0.474. The molecule has 0 aliphatic rings. The van der Waals surface area contributed by atoms with Gasteiger partial charge in [-0.1, -0.05) is 18.2 Å². The summed E-state index contributed by atoms with van der Waals surface area (Å²) in [6.07, 6.45) is 3.64. The number of phenolic OH excluding ortho intramolecular Hbond substituents is 1.